The van der Waals surface area contributed by atoms with Crippen molar-refractivity contribution in [1.29, 1.82) is 0 Å². The summed E-state index contributed by atoms with van der Waals surface area (Å²) < 4.78 is 4.14. The van der Waals surface area contributed by atoms with Crippen molar-refractivity contribution in [3.63, 3.8) is 0 Å². The SMILES string of the molecule is CCCNC(C)c1ccc(Br)cc1-n1cc(I)cn1. The minimum absolute atomic E-state index is 0.310. The first-order chi connectivity index (χ1) is 9.11. The van der Waals surface area contributed by atoms with Gasteiger partial charge < -0.3 is 5.32 Å². The van der Waals surface area contributed by atoms with Crippen molar-refractivity contribution in [2.45, 2.75) is 26.3 Å². The van der Waals surface area contributed by atoms with Crippen molar-refractivity contribution >= 4 is 38.5 Å². The molecule has 2 rings (SSSR count). The van der Waals surface area contributed by atoms with Crippen LogP contribution in [-0.2, 0) is 0 Å². The normalized spacial score (nSPS) is 12.6. The summed E-state index contributed by atoms with van der Waals surface area (Å²) in [7, 11) is 0. The number of nitrogens with zero attached hydrogens (tertiary/aromatic N) is 2. The predicted molar refractivity (Wildman–Crippen MR) is 90.7 cm³/mol. The van der Waals surface area contributed by atoms with E-state index < -0.39 is 0 Å². The first kappa shape index (κ1) is 15.0. The fraction of sp³-hybridized carbons (Fsp3) is 0.357. The van der Waals surface area contributed by atoms with Crippen molar-refractivity contribution in [3.05, 3.63) is 44.2 Å². The lowest BCUT2D eigenvalue weighted by molar-refractivity contribution is 0.567. The van der Waals surface area contributed by atoms with Crippen molar-refractivity contribution in [3.8, 4) is 5.69 Å². The first-order valence-electron chi connectivity index (χ1n) is 6.35. The molecular weight excluding hydrogens is 417 g/mol. The Bertz CT molecular complexity index is 553. The molecule has 1 atom stereocenters. The minimum atomic E-state index is 0.310. The lowest BCUT2D eigenvalue weighted by Gasteiger charge is -2.18. The zero-order chi connectivity index (χ0) is 13.8. The first-order valence-corrected chi connectivity index (χ1v) is 8.22. The van der Waals surface area contributed by atoms with Crippen molar-refractivity contribution in [1.82, 2.24) is 15.1 Å². The Morgan fingerprint density at radius 3 is 2.89 bits per heavy atom. The van der Waals surface area contributed by atoms with E-state index in [0.717, 1.165) is 26.7 Å². The average Bonchev–Trinajstić information content (AvgIpc) is 2.82. The summed E-state index contributed by atoms with van der Waals surface area (Å²) in [5, 5.41) is 7.94. The largest absolute Gasteiger partial charge is 0.310 e. The summed E-state index contributed by atoms with van der Waals surface area (Å²) in [6.45, 7) is 5.39. The van der Waals surface area contributed by atoms with Gasteiger partial charge in [0.15, 0.2) is 0 Å². The number of aromatic nitrogens is 2. The Labute approximate surface area is 136 Å². The van der Waals surface area contributed by atoms with Gasteiger partial charge in [-0.25, -0.2) is 4.68 Å². The Hall–Kier alpha value is -0.400. The molecule has 0 spiro atoms. The van der Waals surface area contributed by atoms with Gasteiger partial charge in [-0.1, -0.05) is 28.9 Å². The highest BCUT2D eigenvalue weighted by Crippen LogP contribution is 2.25. The van der Waals surface area contributed by atoms with Crippen LogP contribution >= 0.6 is 38.5 Å². The Kier molecular flexibility index (Phi) is 5.41. The molecule has 1 heterocycles. The van der Waals surface area contributed by atoms with E-state index in [1.165, 1.54) is 5.56 Å². The van der Waals surface area contributed by atoms with Crippen molar-refractivity contribution in [2.24, 2.45) is 0 Å². The lowest BCUT2D eigenvalue weighted by Crippen LogP contribution is -2.20. The second-order valence-corrected chi connectivity index (χ2v) is 6.64. The van der Waals surface area contributed by atoms with Crippen LogP contribution in [0.2, 0.25) is 0 Å². The molecule has 0 bridgehead atoms. The van der Waals surface area contributed by atoms with Crippen LogP contribution in [0.5, 0.6) is 0 Å². The fourth-order valence-electron chi connectivity index (χ4n) is 1.98. The molecule has 5 heteroatoms. The van der Waals surface area contributed by atoms with Crippen LogP contribution in [0.4, 0.5) is 0 Å². The summed E-state index contributed by atoms with van der Waals surface area (Å²) in [4.78, 5) is 0. The maximum absolute atomic E-state index is 4.41. The molecule has 1 aromatic heterocycles. The zero-order valence-corrected chi connectivity index (χ0v) is 14.8. The van der Waals surface area contributed by atoms with E-state index in [1.54, 1.807) is 0 Å². The molecule has 0 aliphatic carbocycles. The third-order valence-corrected chi connectivity index (χ3v) is 4.01. The molecule has 1 N–H and O–H groups in total. The molecule has 0 amide bonds. The number of rotatable bonds is 5. The number of hydrogen-bond donors (Lipinski definition) is 1. The van der Waals surface area contributed by atoms with Gasteiger partial charge in [0, 0.05) is 16.7 Å². The highest BCUT2D eigenvalue weighted by molar-refractivity contribution is 14.1. The molecule has 1 unspecified atom stereocenters. The van der Waals surface area contributed by atoms with Crippen LogP contribution < -0.4 is 5.32 Å². The second kappa shape index (κ2) is 6.85. The molecule has 0 aliphatic rings. The average molecular weight is 434 g/mol. The summed E-state index contributed by atoms with van der Waals surface area (Å²) in [5.41, 5.74) is 2.38. The minimum Gasteiger partial charge on any atom is -0.310 e. The topological polar surface area (TPSA) is 29.9 Å². The van der Waals surface area contributed by atoms with E-state index in [0.29, 0.717) is 6.04 Å². The quantitative estimate of drug-likeness (QED) is 0.712. The Balaban J connectivity index is 2.38. The molecule has 0 saturated heterocycles. The van der Waals surface area contributed by atoms with Crippen LogP contribution in [0, 0.1) is 3.57 Å². The number of hydrogen-bond acceptors (Lipinski definition) is 2. The lowest BCUT2D eigenvalue weighted by atomic mass is 10.1. The van der Waals surface area contributed by atoms with Crippen molar-refractivity contribution in [2.75, 3.05) is 6.54 Å². The second-order valence-electron chi connectivity index (χ2n) is 4.48. The van der Waals surface area contributed by atoms with Gasteiger partial charge in [0.2, 0.25) is 0 Å². The van der Waals surface area contributed by atoms with E-state index >= 15 is 0 Å². The predicted octanol–water partition coefficient (Wildman–Crippen LogP) is 4.30. The van der Waals surface area contributed by atoms with Crippen LogP contribution in [0.1, 0.15) is 31.9 Å². The highest BCUT2D eigenvalue weighted by Gasteiger charge is 2.12. The summed E-state index contributed by atoms with van der Waals surface area (Å²) >= 11 is 5.82. The molecule has 2 aromatic rings. The third kappa shape index (κ3) is 3.79. The van der Waals surface area contributed by atoms with E-state index in [4.69, 9.17) is 0 Å². The number of benzene rings is 1. The van der Waals surface area contributed by atoms with Crippen LogP contribution in [0.25, 0.3) is 5.69 Å². The maximum atomic E-state index is 4.41. The van der Waals surface area contributed by atoms with Crippen LogP contribution in [-0.4, -0.2) is 16.3 Å². The molecule has 0 radical (unpaired) electrons. The summed E-state index contributed by atoms with van der Waals surface area (Å²) in [6.07, 6.45) is 5.05. The monoisotopic (exact) mass is 433 g/mol. The van der Waals surface area contributed by atoms with Crippen LogP contribution in [0.15, 0.2) is 35.1 Å². The Morgan fingerprint density at radius 2 is 2.26 bits per heavy atom. The van der Waals surface area contributed by atoms with Gasteiger partial charge in [-0.15, -0.1) is 0 Å². The van der Waals surface area contributed by atoms with Gasteiger partial charge in [-0.2, -0.15) is 5.10 Å². The van der Waals surface area contributed by atoms with Gasteiger partial charge in [-0.05, 0) is 60.2 Å². The van der Waals surface area contributed by atoms with Gasteiger partial charge in [0.1, 0.15) is 0 Å². The molecule has 0 saturated carbocycles. The van der Waals surface area contributed by atoms with E-state index in [2.05, 4.69) is 81.0 Å². The smallest absolute Gasteiger partial charge is 0.0704 e. The van der Waals surface area contributed by atoms with Gasteiger partial charge >= 0.3 is 0 Å². The van der Waals surface area contributed by atoms with Gasteiger partial charge in [-0.3, -0.25) is 0 Å². The standard InChI is InChI=1S/C14H17BrIN3/c1-3-6-17-10(2)13-5-4-11(15)7-14(13)19-9-12(16)8-18-19/h4-5,7-10,17H,3,6H2,1-2H3. The van der Waals surface area contributed by atoms with Crippen LogP contribution in [0.3, 0.4) is 0 Å². The van der Waals surface area contributed by atoms with Gasteiger partial charge in [0.05, 0.1) is 15.5 Å². The molecule has 3 nitrogen and oxygen atoms in total. The molecule has 19 heavy (non-hydrogen) atoms. The van der Waals surface area contributed by atoms with E-state index in [1.807, 2.05) is 17.1 Å². The Morgan fingerprint density at radius 1 is 1.47 bits per heavy atom. The highest BCUT2D eigenvalue weighted by atomic mass is 127. The fourth-order valence-corrected chi connectivity index (χ4v) is 2.72. The number of nitrogens with one attached hydrogen (secondary N) is 1. The molecule has 0 aliphatic heterocycles. The third-order valence-electron chi connectivity index (χ3n) is 2.96. The van der Waals surface area contributed by atoms with Crippen molar-refractivity contribution < 1.29 is 0 Å². The summed E-state index contributed by atoms with van der Waals surface area (Å²) in [6, 6.07) is 6.66. The van der Waals surface area contributed by atoms with E-state index in [-0.39, 0.29) is 0 Å². The zero-order valence-electron chi connectivity index (χ0n) is 11.0. The van der Waals surface area contributed by atoms with E-state index in [9.17, 15) is 0 Å². The molecule has 1 aromatic carbocycles. The maximum Gasteiger partial charge on any atom is 0.0704 e. The van der Waals surface area contributed by atoms with Gasteiger partial charge in [0.25, 0.3) is 0 Å². The number of halogens is 2. The molecular formula is C14H17BrIN3. The summed E-state index contributed by atoms with van der Waals surface area (Å²) in [5.74, 6) is 0. The molecule has 0 fully saturated rings. The molecule has 102 valence electrons.